The number of unbranched alkanes of at least 4 members (excludes halogenated alkanes) is 7. The van der Waals surface area contributed by atoms with Crippen LogP contribution < -0.4 is 0 Å². The minimum atomic E-state index is -0.397. The molecular weight excluding hydrogens is 240 g/mol. The first-order valence-corrected chi connectivity index (χ1v) is 7.37. The normalized spacial score (nSPS) is 16.1. The first-order valence-electron chi connectivity index (χ1n) is 7.37. The number of hydrogen-bond acceptors (Lipinski definition) is 3. The summed E-state index contributed by atoms with van der Waals surface area (Å²) in [5.74, 6) is 0.0148. The number of carbonyl (C=O) groups is 2. The van der Waals surface area contributed by atoms with Gasteiger partial charge in [0.15, 0.2) is 5.78 Å². The molecule has 0 aromatic heterocycles. The van der Waals surface area contributed by atoms with Crippen molar-refractivity contribution < 1.29 is 14.3 Å². The molecule has 3 heteroatoms. The lowest BCUT2D eigenvalue weighted by Crippen LogP contribution is -1.97. The molecule has 1 heterocycles. The molecule has 3 nitrogen and oxygen atoms in total. The molecule has 0 aliphatic carbocycles. The Hall–Kier alpha value is -1.38. The van der Waals surface area contributed by atoms with Crippen LogP contribution in [0.4, 0.5) is 0 Å². The van der Waals surface area contributed by atoms with E-state index >= 15 is 0 Å². The Bertz CT molecular complexity index is 353. The monoisotopic (exact) mass is 264 g/mol. The SMILES string of the molecule is CCCCCCCCCCC(=O)/C=C1/C=CC(=O)O1. The van der Waals surface area contributed by atoms with Crippen LogP contribution in [0.2, 0.25) is 0 Å². The molecule has 0 aromatic rings. The van der Waals surface area contributed by atoms with Crippen molar-refractivity contribution in [1.82, 2.24) is 0 Å². The van der Waals surface area contributed by atoms with Gasteiger partial charge in [0, 0.05) is 18.6 Å². The van der Waals surface area contributed by atoms with Gasteiger partial charge in [0.05, 0.1) is 0 Å². The first kappa shape index (κ1) is 15.7. The Balaban J connectivity index is 1.99. The third-order valence-electron chi connectivity index (χ3n) is 3.18. The molecule has 0 saturated carbocycles. The minimum Gasteiger partial charge on any atom is -0.423 e. The van der Waals surface area contributed by atoms with Crippen LogP contribution in [-0.4, -0.2) is 11.8 Å². The Morgan fingerprint density at radius 3 is 2.26 bits per heavy atom. The fourth-order valence-electron chi connectivity index (χ4n) is 2.08. The molecule has 1 aliphatic rings. The summed E-state index contributed by atoms with van der Waals surface area (Å²) in [5.41, 5.74) is 0. The summed E-state index contributed by atoms with van der Waals surface area (Å²) in [6.45, 7) is 2.22. The van der Waals surface area contributed by atoms with Crippen molar-refractivity contribution >= 4 is 11.8 Å². The molecular formula is C16H24O3. The molecule has 0 spiro atoms. The van der Waals surface area contributed by atoms with Crippen LogP contribution in [0.3, 0.4) is 0 Å². The summed E-state index contributed by atoms with van der Waals surface area (Å²) >= 11 is 0. The van der Waals surface area contributed by atoms with Crippen LogP contribution >= 0.6 is 0 Å². The zero-order chi connectivity index (χ0) is 13.9. The second kappa shape index (κ2) is 9.54. The Morgan fingerprint density at radius 2 is 1.68 bits per heavy atom. The van der Waals surface area contributed by atoms with Gasteiger partial charge in [0.1, 0.15) is 5.76 Å². The van der Waals surface area contributed by atoms with E-state index in [2.05, 4.69) is 6.92 Å². The van der Waals surface area contributed by atoms with E-state index in [1.165, 1.54) is 56.8 Å². The highest BCUT2D eigenvalue weighted by molar-refractivity contribution is 5.93. The standard InChI is InChI=1S/C16H24O3/c1-2-3-4-5-6-7-8-9-10-14(17)13-15-11-12-16(18)19-15/h11-13H,2-10H2,1H3/b15-13-. The predicted octanol–water partition coefficient (Wildman–Crippen LogP) is 4.08. The summed E-state index contributed by atoms with van der Waals surface area (Å²) in [6, 6.07) is 0. The van der Waals surface area contributed by atoms with E-state index in [1.54, 1.807) is 0 Å². The van der Waals surface area contributed by atoms with E-state index < -0.39 is 5.97 Å². The highest BCUT2D eigenvalue weighted by atomic mass is 16.5. The van der Waals surface area contributed by atoms with Crippen molar-refractivity contribution in [3.63, 3.8) is 0 Å². The van der Waals surface area contributed by atoms with E-state index in [9.17, 15) is 9.59 Å². The quantitative estimate of drug-likeness (QED) is 0.339. The van der Waals surface area contributed by atoms with Gasteiger partial charge < -0.3 is 4.74 Å². The van der Waals surface area contributed by atoms with Crippen molar-refractivity contribution in [2.45, 2.75) is 64.7 Å². The van der Waals surface area contributed by atoms with Crippen molar-refractivity contribution in [2.24, 2.45) is 0 Å². The summed E-state index contributed by atoms with van der Waals surface area (Å²) in [7, 11) is 0. The second-order valence-corrected chi connectivity index (χ2v) is 4.99. The summed E-state index contributed by atoms with van der Waals surface area (Å²) in [4.78, 5) is 22.4. The number of allylic oxidation sites excluding steroid dienone is 2. The van der Waals surface area contributed by atoms with E-state index in [-0.39, 0.29) is 5.78 Å². The lowest BCUT2D eigenvalue weighted by atomic mass is 10.1. The number of rotatable bonds is 10. The van der Waals surface area contributed by atoms with E-state index in [4.69, 9.17) is 4.74 Å². The van der Waals surface area contributed by atoms with Crippen LogP contribution in [0.1, 0.15) is 64.7 Å². The van der Waals surface area contributed by atoms with Gasteiger partial charge in [-0.25, -0.2) is 4.79 Å². The van der Waals surface area contributed by atoms with Crippen molar-refractivity contribution in [3.8, 4) is 0 Å². The maximum atomic E-state index is 11.6. The molecule has 19 heavy (non-hydrogen) atoms. The average molecular weight is 264 g/mol. The number of esters is 1. The minimum absolute atomic E-state index is 0.0420. The van der Waals surface area contributed by atoms with Gasteiger partial charge in [-0.05, 0) is 12.5 Å². The largest absolute Gasteiger partial charge is 0.423 e. The predicted molar refractivity (Wildman–Crippen MR) is 75.5 cm³/mol. The Morgan fingerprint density at radius 1 is 1.05 bits per heavy atom. The molecule has 0 amide bonds. The maximum Gasteiger partial charge on any atom is 0.336 e. The van der Waals surface area contributed by atoms with Gasteiger partial charge in [-0.2, -0.15) is 0 Å². The van der Waals surface area contributed by atoms with Crippen molar-refractivity contribution in [2.75, 3.05) is 0 Å². The van der Waals surface area contributed by atoms with E-state index in [1.807, 2.05) is 0 Å². The Labute approximate surface area is 115 Å². The van der Waals surface area contributed by atoms with Gasteiger partial charge in [-0.3, -0.25) is 4.79 Å². The average Bonchev–Trinajstić information content (AvgIpc) is 2.78. The molecule has 0 saturated heterocycles. The molecule has 106 valence electrons. The second-order valence-electron chi connectivity index (χ2n) is 4.99. The summed E-state index contributed by atoms with van der Waals surface area (Å²) in [6.07, 6.45) is 14.6. The van der Waals surface area contributed by atoms with Crippen LogP contribution in [0.15, 0.2) is 24.0 Å². The smallest absolute Gasteiger partial charge is 0.336 e. The number of ketones is 1. The van der Waals surface area contributed by atoms with Gasteiger partial charge in [-0.1, -0.05) is 51.9 Å². The highest BCUT2D eigenvalue weighted by Crippen LogP contribution is 2.12. The molecule has 0 unspecified atom stereocenters. The zero-order valence-electron chi connectivity index (χ0n) is 11.8. The van der Waals surface area contributed by atoms with Crippen LogP contribution in [0.25, 0.3) is 0 Å². The van der Waals surface area contributed by atoms with Crippen LogP contribution in [-0.2, 0) is 14.3 Å². The van der Waals surface area contributed by atoms with E-state index in [0.29, 0.717) is 12.2 Å². The van der Waals surface area contributed by atoms with Gasteiger partial charge in [0.2, 0.25) is 0 Å². The van der Waals surface area contributed by atoms with Gasteiger partial charge >= 0.3 is 5.97 Å². The summed E-state index contributed by atoms with van der Waals surface area (Å²) < 4.78 is 4.80. The molecule has 0 aromatic carbocycles. The lowest BCUT2D eigenvalue weighted by Gasteiger charge is -2.00. The third kappa shape index (κ3) is 7.60. The number of carbonyl (C=O) groups excluding carboxylic acids is 2. The Kier molecular flexibility index (Phi) is 7.87. The molecule has 0 bridgehead atoms. The summed E-state index contributed by atoms with van der Waals surface area (Å²) in [5, 5.41) is 0. The van der Waals surface area contributed by atoms with Gasteiger partial charge in [-0.15, -0.1) is 0 Å². The van der Waals surface area contributed by atoms with Crippen molar-refractivity contribution in [1.29, 1.82) is 0 Å². The fourth-order valence-corrected chi connectivity index (χ4v) is 2.08. The fraction of sp³-hybridized carbons (Fsp3) is 0.625. The number of ether oxygens (including phenoxy) is 1. The molecule has 0 N–H and O–H groups in total. The topological polar surface area (TPSA) is 43.4 Å². The molecule has 1 aliphatic heterocycles. The van der Waals surface area contributed by atoms with Crippen LogP contribution in [0, 0.1) is 0 Å². The number of cyclic esters (lactones) is 1. The molecule has 0 radical (unpaired) electrons. The van der Waals surface area contributed by atoms with Gasteiger partial charge in [0.25, 0.3) is 0 Å². The third-order valence-corrected chi connectivity index (χ3v) is 3.18. The maximum absolute atomic E-state index is 11.6. The van der Waals surface area contributed by atoms with E-state index in [0.717, 1.165) is 12.8 Å². The zero-order valence-corrected chi connectivity index (χ0v) is 11.8. The lowest BCUT2D eigenvalue weighted by molar-refractivity contribution is -0.132. The molecule has 1 rings (SSSR count). The molecule has 0 atom stereocenters. The van der Waals surface area contributed by atoms with Crippen molar-refractivity contribution in [3.05, 3.63) is 24.0 Å². The highest BCUT2D eigenvalue weighted by Gasteiger charge is 2.10. The number of hydrogen-bond donors (Lipinski definition) is 0. The first-order chi connectivity index (χ1) is 9.22. The molecule has 0 fully saturated rings. The van der Waals surface area contributed by atoms with Crippen LogP contribution in [0.5, 0.6) is 0 Å².